The van der Waals surface area contributed by atoms with Gasteiger partial charge in [0.15, 0.2) is 0 Å². The van der Waals surface area contributed by atoms with Gasteiger partial charge in [-0.25, -0.2) is 4.98 Å². The van der Waals surface area contributed by atoms with E-state index in [1.165, 1.54) is 4.80 Å². The van der Waals surface area contributed by atoms with E-state index < -0.39 is 0 Å². The number of carbonyl (C=O) groups excluding carboxylic acids is 1. The van der Waals surface area contributed by atoms with Crippen molar-refractivity contribution in [2.24, 2.45) is 0 Å². The summed E-state index contributed by atoms with van der Waals surface area (Å²) in [5.41, 5.74) is 2.78. The fraction of sp³-hybridized carbons (Fsp3) is 0.238. The molecule has 0 bridgehead atoms. The highest BCUT2D eigenvalue weighted by molar-refractivity contribution is 6.31. The lowest BCUT2D eigenvalue weighted by atomic mass is 10.1. The molecule has 0 radical (unpaired) electrons. The van der Waals surface area contributed by atoms with Crippen LogP contribution in [0.3, 0.4) is 0 Å². The number of amides is 1. The molecule has 0 spiro atoms. The van der Waals surface area contributed by atoms with Crippen molar-refractivity contribution in [1.29, 1.82) is 0 Å². The van der Waals surface area contributed by atoms with Crippen LogP contribution in [0, 0.1) is 0 Å². The minimum absolute atomic E-state index is 0.120. The number of nitrogens with one attached hydrogen (secondary N) is 1. The van der Waals surface area contributed by atoms with Crippen LogP contribution in [0.5, 0.6) is 5.75 Å². The second-order valence-electron chi connectivity index (χ2n) is 7.14. The lowest BCUT2D eigenvalue weighted by Gasteiger charge is -2.24. The Hall–Kier alpha value is -3.39. The number of ether oxygens (including phenoxy) is 1. The molecule has 0 aliphatic carbocycles. The van der Waals surface area contributed by atoms with Crippen molar-refractivity contribution in [3.8, 4) is 11.4 Å². The van der Waals surface area contributed by atoms with Crippen LogP contribution >= 0.6 is 11.6 Å². The van der Waals surface area contributed by atoms with Crippen molar-refractivity contribution >= 4 is 28.5 Å². The number of hydrogen-bond donors (Lipinski definition) is 1. The Kier molecular flexibility index (Phi) is 4.63. The van der Waals surface area contributed by atoms with Crippen LogP contribution in [0.25, 0.3) is 16.7 Å². The number of nitrogens with zero attached hydrogens (tertiary/aromatic N) is 5. The number of H-pyrrole nitrogens is 1. The van der Waals surface area contributed by atoms with Gasteiger partial charge >= 0.3 is 0 Å². The summed E-state index contributed by atoms with van der Waals surface area (Å²) in [5, 5.41) is 8.83. The maximum absolute atomic E-state index is 13.6. The van der Waals surface area contributed by atoms with Gasteiger partial charge in [-0.2, -0.15) is 15.0 Å². The molecule has 4 aromatic rings. The molecule has 1 atom stereocenters. The van der Waals surface area contributed by atoms with E-state index in [9.17, 15) is 4.79 Å². The van der Waals surface area contributed by atoms with E-state index in [2.05, 4.69) is 15.2 Å². The number of hydrogen-bond acceptors (Lipinski definition) is 5. The summed E-state index contributed by atoms with van der Waals surface area (Å²) in [5.74, 6) is 1.39. The Balaban J connectivity index is 1.51. The predicted octanol–water partition coefficient (Wildman–Crippen LogP) is 3.78. The zero-order valence-corrected chi connectivity index (χ0v) is 17.0. The fourth-order valence-electron chi connectivity index (χ4n) is 3.93. The summed E-state index contributed by atoms with van der Waals surface area (Å²) in [6.45, 7) is 0.641. The number of rotatable bonds is 4. The Morgan fingerprint density at radius 2 is 2.03 bits per heavy atom. The third-order valence-electron chi connectivity index (χ3n) is 5.36. The summed E-state index contributed by atoms with van der Waals surface area (Å²) in [6.07, 6.45) is 4.87. The monoisotopic (exact) mass is 422 g/mol. The molecule has 2 aromatic heterocycles. The fourth-order valence-corrected chi connectivity index (χ4v) is 4.11. The first-order valence-electron chi connectivity index (χ1n) is 9.65. The highest BCUT2D eigenvalue weighted by Gasteiger charge is 2.34. The average Bonchev–Trinajstić information content (AvgIpc) is 3.52. The summed E-state index contributed by atoms with van der Waals surface area (Å²) in [6, 6.07) is 10.7. The molecule has 8 nitrogen and oxygen atoms in total. The third-order valence-corrected chi connectivity index (χ3v) is 5.60. The maximum atomic E-state index is 13.6. The molecule has 1 saturated heterocycles. The summed E-state index contributed by atoms with van der Waals surface area (Å²) in [7, 11) is 1.63. The highest BCUT2D eigenvalue weighted by atomic mass is 35.5. The molecule has 0 saturated carbocycles. The molecule has 30 heavy (non-hydrogen) atoms. The molecule has 3 heterocycles. The number of benzene rings is 2. The smallest absolute Gasteiger partial charge is 0.256 e. The second-order valence-corrected chi connectivity index (χ2v) is 7.58. The normalized spacial score (nSPS) is 16.3. The van der Waals surface area contributed by atoms with E-state index in [1.807, 2.05) is 23.1 Å². The van der Waals surface area contributed by atoms with Gasteiger partial charge in [0.05, 0.1) is 47.8 Å². The van der Waals surface area contributed by atoms with Gasteiger partial charge in [0.1, 0.15) is 11.6 Å². The van der Waals surface area contributed by atoms with Crippen LogP contribution in [0.4, 0.5) is 0 Å². The first-order chi connectivity index (χ1) is 14.6. The van der Waals surface area contributed by atoms with E-state index in [-0.39, 0.29) is 11.9 Å². The van der Waals surface area contributed by atoms with Crippen molar-refractivity contribution in [1.82, 2.24) is 29.9 Å². The van der Waals surface area contributed by atoms with Crippen LogP contribution in [0.2, 0.25) is 5.02 Å². The van der Waals surface area contributed by atoms with Crippen molar-refractivity contribution in [3.63, 3.8) is 0 Å². The quantitative estimate of drug-likeness (QED) is 0.540. The summed E-state index contributed by atoms with van der Waals surface area (Å²) < 4.78 is 5.29. The minimum atomic E-state index is -0.145. The maximum Gasteiger partial charge on any atom is 0.256 e. The van der Waals surface area contributed by atoms with Crippen LogP contribution in [-0.4, -0.2) is 49.4 Å². The van der Waals surface area contributed by atoms with E-state index in [0.29, 0.717) is 22.8 Å². The molecule has 1 fully saturated rings. The Morgan fingerprint density at radius 3 is 2.83 bits per heavy atom. The largest absolute Gasteiger partial charge is 0.497 e. The Morgan fingerprint density at radius 1 is 1.20 bits per heavy atom. The molecular formula is C21H19ClN6O2. The van der Waals surface area contributed by atoms with Gasteiger partial charge in [0, 0.05) is 17.6 Å². The highest BCUT2D eigenvalue weighted by Crippen LogP contribution is 2.34. The SMILES string of the molecule is COc1ccc2[nH]c(C3CCCN3C(=O)c3cc(Cl)ccc3-n3nccn3)nc2c1. The number of fused-ring (bicyclic) bond motifs is 1. The van der Waals surface area contributed by atoms with Gasteiger partial charge in [-0.05, 0) is 43.2 Å². The Labute approximate surface area is 177 Å². The van der Waals surface area contributed by atoms with Crippen molar-refractivity contribution in [2.45, 2.75) is 18.9 Å². The van der Waals surface area contributed by atoms with Gasteiger partial charge in [0.2, 0.25) is 0 Å². The minimum Gasteiger partial charge on any atom is -0.497 e. The number of aromatic amines is 1. The molecule has 9 heteroatoms. The molecule has 2 aromatic carbocycles. The summed E-state index contributed by atoms with van der Waals surface area (Å²) >= 11 is 6.21. The molecule has 152 valence electrons. The first-order valence-corrected chi connectivity index (χ1v) is 10.0. The van der Waals surface area contributed by atoms with Gasteiger partial charge in [-0.15, -0.1) is 0 Å². The lowest BCUT2D eigenvalue weighted by molar-refractivity contribution is 0.0730. The number of methoxy groups -OCH3 is 1. The number of halogens is 1. The second kappa shape index (κ2) is 7.46. The molecule has 1 amide bonds. The molecule has 1 aliphatic heterocycles. The molecule has 1 aliphatic rings. The van der Waals surface area contributed by atoms with Crippen LogP contribution in [0.1, 0.15) is 35.1 Å². The third kappa shape index (κ3) is 3.19. The summed E-state index contributed by atoms with van der Waals surface area (Å²) in [4.78, 5) is 24.9. The van der Waals surface area contributed by atoms with Gasteiger partial charge in [-0.1, -0.05) is 11.6 Å². The number of imidazole rings is 1. The molecule has 5 rings (SSSR count). The van der Waals surface area contributed by atoms with E-state index in [0.717, 1.165) is 35.4 Å². The number of carbonyl (C=O) groups is 1. The average molecular weight is 423 g/mol. The van der Waals surface area contributed by atoms with Crippen LogP contribution in [-0.2, 0) is 0 Å². The molecular weight excluding hydrogens is 404 g/mol. The first kappa shape index (κ1) is 18.6. The van der Waals surface area contributed by atoms with E-state index in [4.69, 9.17) is 21.3 Å². The standard InChI is InChI=1S/C21H19ClN6O2/c1-30-14-5-6-16-17(12-14)26-20(25-16)19-3-2-10-27(19)21(29)15-11-13(22)4-7-18(15)28-23-8-9-24-28/h4-9,11-12,19H,2-3,10H2,1H3,(H,25,26). The van der Waals surface area contributed by atoms with Crippen LogP contribution in [0.15, 0.2) is 48.8 Å². The van der Waals surface area contributed by atoms with E-state index >= 15 is 0 Å². The van der Waals surface area contributed by atoms with Crippen molar-refractivity contribution in [3.05, 3.63) is 65.2 Å². The molecule has 1 N–H and O–H groups in total. The number of likely N-dealkylation sites (tertiary alicyclic amines) is 1. The van der Waals surface area contributed by atoms with Crippen LogP contribution < -0.4 is 4.74 Å². The lowest BCUT2D eigenvalue weighted by Crippen LogP contribution is -2.32. The predicted molar refractivity (Wildman–Crippen MR) is 112 cm³/mol. The topological polar surface area (TPSA) is 88.9 Å². The molecule has 1 unspecified atom stereocenters. The van der Waals surface area contributed by atoms with E-state index in [1.54, 1.807) is 37.7 Å². The van der Waals surface area contributed by atoms with Crippen molar-refractivity contribution < 1.29 is 9.53 Å². The number of aromatic nitrogens is 5. The zero-order valence-electron chi connectivity index (χ0n) is 16.2. The zero-order chi connectivity index (χ0) is 20.7. The Bertz CT molecular complexity index is 1220. The van der Waals surface area contributed by atoms with Crippen molar-refractivity contribution in [2.75, 3.05) is 13.7 Å². The van der Waals surface area contributed by atoms with Gasteiger partial charge < -0.3 is 14.6 Å². The van der Waals surface area contributed by atoms with Gasteiger partial charge in [-0.3, -0.25) is 4.79 Å². The van der Waals surface area contributed by atoms with Gasteiger partial charge in [0.25, 0.3) is 5.91 Å².